The van der Waals surface area contributed by atoms with Gasteiger partial charge in [-0.25, -0.2) is 4.79 Å². The molecule has 0 bridgehead atoms. The van der Waals surface area contributed by atoms with Crippen LogP contribution in [0.25, 0.3) is 0 Å². The van der Waals surface area contributed by atoms with Gasteiger partial charge in [0.15, 0.2) is 12.7 Å². The second-order valence-electron chi connectivity index (χ2n) is 6.65. The van der Waals surface area contributed by atoms with E-state index in [1.54, 1.807) is 24.3 Å². The van der Waals surface area contributed by atoms with Gasteiger partial charge in [-0.15, -0.1) is 0 Å². The van der Waals surface area contributed by atoms with E-state index in [-0.39, 0.29) is 12.5 Å². The fourth-order valence-electron chi connectivity index (χ4n) is 3.12. The molecule has 148 valence electrons. The quantitative estimate of drug-likeness (QED) is 0.706. The summed E-state index contributed by atoms with van der Waals surface area (Å²) in [6.07, 6.45) is 2.36. The Bertz CT molecular complexity index is 831. The second kappa shape index (κ2) is 9.26. The molecule has 2 aromatic rings. The maximum absolute atomic E-state index is 12.3. The maximum Gasteiger partial charge on any atom is 0.344 e. The van der Waals surface area contributed by atoms with Crippen LogP contribution in [0, 0.1) is 0 Å². The number of amides is 1. The molecule has 3 rings (SSSR count). The van der Waals surface area contributed by atoms with E-state index in [4.69, 9.17) is 14.2 Å². The Hall–Kier alpha value is -3.02. The third kappa shape index (κ3) is 5.25. The third-order valence-electron chi connectivity index (χ3n) is 4.53. The van der Waals surface area contributed by atoms with Gasteiger partial charge < -0.3 is 19.5 Å². The summed E-state index contributed by atoms with van der Waals surface area (Å²) in [4.78, 5) is 24.2. The molecule has 1 atom stereocenters. The van der Waals surface area contributed by atoms with Gasteiger partial charge in [-0.3, -0.25) is 4.79 Å². The third-order valence-corrected chi connectivity index (χ3v) is 4.53. The number of anilines is 1. The minimum absolute atomic E-state index is 0.273. The van der Waals surface area contributed by atoms with Gasteiger partial charge in [0, 0.05) is 5.69 Å². The van der Waals surface area contributed by atoms with Crippen molar-refractivity contribution in [2.45, 2.75) is 39.2 Å². The van der Waals surface area contributed by atoms with Gasteiger partial charge in [-0.05, 0) is 80.6 Å². The highest BCUT2D eigenvalue weighted by Gasteiger charge is 2.19. The summed E-state index contributed by atoms with van der Waals surface area (Å²) in [5.74, 6) is 0.280. The monoisotopic (exact) mass is 383 g/mol. The summed E-state index contributed by atoms with van der Waals surface area (Å²) < 4.78 is 15.9. The Morgan fingerprint density at radius 1 is 1.00 bits per heavy atom. The first kappa shape index (κ1) is 19.7. The lowest BCUT2D eigenvalue weighted by atomic mass is 10.1. The zero-order valence-corrected chi connectivity index (χ0v) is 16.2. The van der Waals surface area contributed by atoms with Gasteiger partial charge in [-0.2, -0.15) is 0 Å². The summed E-state index contributed by atoms with van der Waals surface area (Å²) in [7, 11) is 0. The fourth-order valence-corrected chi connectivity index (χ4v) is 3.12. The highest BCUT2D eigenvalue weighted by atomic mass is 16.6. The van der Waals surface area contributed by atoms with Crippen molar-refractivity contribution in [3.05, 3.63) is 53.6 Å². The molecule has 0 aromatic heterocycles. The number of benzene rings is 2. The van der Waals surface area contributed by atoms with Gasteiger partial charge in [0.05, 0.1) is 6.61 Å². The number of aryl methyl sites for hydroxylation is 2. The Morgan fingerprint density at radius 3 is 2.39 bits per heavy atom. The van der Waals surface area contributed by atoms with E-state index in [1.165, 1.54) is 18.1 Å². The van der Waals surface area contributed by atoms with Gasteiger partial charge in [0.2, 0.25) is 0 Å². The van der Waals surface area contributed by atoms with Gasteiger partial charge in [0.1, 0.15) is 11.5 Å². The first-order chi connectivity index (χ1) is 13.5. The summed E-state index contributed by atoms with van der Waals surface area (Å²) in [5.41, 5.74) is 3.33. The van der Waals surface area contributed by atoms with Gasteiger partial charge in [0.25, 0.3) is 5.91 Å². The summed E-state index contributed by atoms with van der Waals surface area (Å²) >= 11 is 0. The molecule has 0 unspecified atom stereocenters. The van der Waals surface area contributed by atoms with Crippen molar-refractivity contribution in [3.8, 4) is 11.5 Å². The topological polar surface area (TPSA) is 73.9 Å². The number of esters is 1. The van der Waals surface area contributed by atoms with Crippen LogP contribution >= 0.6 is 0 Å². The lowest BCUT2D eigenvalue weighted by molar-refractivity contribution is -0.155. The number of carbonyl (C=O) groups is 2. The Balaban J connectivity index is 1.44. The van der Waals surface area contributed by atoms with Crippen molar-refractivity contribution < 1.29 is 23.8 Å². The number of hydrogen-bond donors (Lipinski definition) is 1. The largest absolute Gasteiger partial charge is 0.494 e. The lowest BCUT2D eigenvalue weighted by Gasteiger charge is -2.14. The minimum Gasteiger partial charge on any atom is -0.494 e. The van der Waals surface area contributed by atoms with E-state index < -0.39 is 12.1 Å². The van der Waals surface area contributed by atoms with Crippen LogP contribution in [0.5, 0.6) is 11.5 Å². The van der Waals surface area contributed by atoms with Crippen LogP contribution in [0.2, 0.25) is 0 Å². The highest BCUT2D eigenvalue weighted by Crippen LogP contribution is 2.25. The number of ether oxygens (including phenoxy) is 3. The van der Waals surface area contributed by atoms with Gasteiger partial charge >= 0.3 is 5.97 Å². The summed E-state index contributed by atoms with van der Waals surface area (Å²) in [6, 6.07) is 12.9. The molecule has 0 heterocycles. The minimum atomic E-state index is -0.912. The number of rotatable bonds is 8. The van der Waals surface area contributed by atoms with E-state index in [2.05, 4.69) is 5.32 Å². The van der Waals surface area contributed by atoms with E-state index in [0.717, 1.165) is 30.7 Å². The number of fused-ring (bicyclic) bond motifs is 1. The zero-order valence-electron chi connectivity index (χ0n) is 16.2. The molecule has 0 saturated heterocycles. The smallest absolute Gasteiger partial charge is 0.344 e. The zero-order chi connectivity index (χ0) is 19.9. The van der Waals surface area contributed by atoms with E-state index in [0.29, 0.717) is 12.4 Å². The van der Waals surface area contributed by atoms with Crippen LogP contribution in [-0.2, 0) is 27.2 Å². The van der Waals surface area contributed by atoms with Crippen molar-refractivity contribution in [2.75, 3.05) is 18.5 Å². The molecule has 1 amide bonds. The first-order valence-electron chi connectivity index (χ1n) is 9.53. The molecule has 0 spiro atoms. The molecule has 0 radical (unpaired) electrons. The van der Waals surface area contributed by atoms with E-state index in [9.17, 15) is 9.59 Å². The first-order valence-corrected chi connectivity index (χ1v) is 9.53. The second-order valence-corrected chi connectivity index (χ2v) is 6.65. The van der Waals surface area contributed by atoms with E-state index >= 15 is 0 Å². The highest BCUT2D eigenvalue weighted by molar-refractivity contribution is 5.95. The van der Waals surface area contributed by atoms with Crippen LogP contribution in [-0.4, -0.2) is 31.2 Å². The lowest BCUT2D eigenvalue weighted by Crippen LogP contribution is -2.31. The van der Waals surface area contributed by atoms with Crippen molar-refractivity contribution in [2.24, 2.45) is 0 Å². The summed E-state index contributed by atoms with van der Waals surface area (Å²) in [5, 5.41) is 2.80. The Kier molecular flexibility index (Phi) is 6.53. The molecule has 0 saturated carbocycles. The van der Waals surface area contributed by atoms with Crippen molar-refractivity contribution in [3.63, 3.8) is 0 Å². The van der Waals surface area contributed by atoms with E-state index in [1.807, 2.05) is 25.1 Å². The predicted octanol–water partition coefficient (Wildman–Crippen LogP) is 3.52. The molecule has 0 aliphatic heterocycles. The molecule has 1 aliphatic carbocycles. The molecular formula is C22H25NO5. The molecule has 2 aromatic carbocycles. The molecule has 28 heavy (non-hydrogen) atoms. The number of carbonyl (C=O) groups excluding carboxylic acids is 2. The summed E-state index contributed by atoms with van der Waals surface area (Å²) in [6.45, 7) is 3.75. The number of nitrogens with one attached hydrogen (secondary N) is 1. The number of hydrogen-bond acceptors (Lipinski definition) is 5. The SMILES string of the molecule is CCOc1ccc(OCC(=O)O[C@@H](C)C(=O)Nc2ccc3c(c2)CCC3)cc1. The van der Waals surface area contributed by atoms with Crippen molar-refractivity contribution in [1.29, 1.82) is 0 Å². The molecule has 1 aliphatic rings. The Morgan fingerprint density at radius 2 is 1.68 bits per heavy atom. The molecular weight excluding hydrogens is 358 g/mol. The maximum atomic E-state index is 12.3. The van der Waals surface area contributed by atoms with Crippen LogP contribution in [0.4, 0.5) is 5.69 Å². The average molecular weight is 383 g/mol. The average Bonchev–Trinajstić information content (AvgIpc) is 3.15. The van der Waals surface area contributed by atoms with Gasteiger partial charge in [-0.1, -0.05) is 6.07 Å². The molecule has 0 fully saturated rings. The fraction of sp³-hybridized carbons (Fsp3) is 0.364. The predicted molar refractivity (Wildman–Crippen MR) is 106 cm³/mol. The molecule has 6 nitrogen and oxygen atoms in total. The van der Waals surface area contributed by atoms with Crippen molar-refractivity contribution in [1.82, 2.24) is 0 Å². The normalized spacial score (nSPS) is 13.4. The van der Waals surface area contributed by atoms with Crippen molar-refractivity contribution >= 4 is 17.6 Å². The van der Waals surface area contributed by atoms with Crippen LogP contribution in [0.15, 0.2) is 42.5 Å². The standard InChI is InChI=1S/C22H25NO5/c1-3-26-19-9-11-20(12-10-19)27-14-21(24)28-15(2)22(25)23-18-8-7-16-5-4-6-17(16)13-18/h7-13,15H,3-6,14H2,1-2H3,(H,23,25)/t15-/m0/s1. The van der Waals surface area contributed by atoms with Crippen LogP contribution in [0.1, 0.15) is 31.4 Å². The van der Waals surface area contributed by atoms with Crippen LogP contribution < -0.4 is 14.8 Å². The Labute approximate surface area is 164 Å². The molecule has 6 heteroatoms. The molecule has 1 N–H and O–H groups in total. The van der Waals surface area contributed by atoms with Crippen LogP contribution in [0.3, 0.4) is 0 Å².